The van der Waals surface area contributed by atoms with Crippen molar-refractivity contribution in [2.45, 2.75) is 6.11 Å². The number of fused-ring (bicyclic) bond motifs is 1. The predicted octanol–water partition coefficient (Wildman–Crippen LogP) is 8.86. The van der Waals surface area contributed by atoms with Crippen LogP contribution in [-0.2, 0) is 6.11 Å². The summed E-state index contributed by atoms with van der Waals surface area (Å²) in [5.41, 5.74) is -3.51. The van der Waals surface area contributed by atoms with Crippen LogP contribution in [0.2, 0.25) is 0 Å². The number of aromatic hydroxyl groups is 1. The van der Waals surface area contributed by atoms with Gasteiger partial charge in [0.15, 0.2) is 17.5 Å². The molecule has 0 fully saturated rings. The summed E-state index contributed by atoms with van der Waals surface area (Å²) in [4.78, 5) is 0. The number of ether oxygens (including phenoxy) is 2. The molecule has 45 heavy (non-hydrogen) atoms. The van der Waals surface area contributed by atoms with Gasteiger partial charge in [-0.2, -0.15) is 8.78 Å². The Labute approximate surface area is 246 Å². The monoisotopic (exact) mass is 636 g/mol. The predicted molar refractivity (Wildman–Crippen MR) is 141 cm³/mol. The van der Waals surface area contributed by atoms with Crippen LogP contribution in [-0.4, -0.2) is 12.2 Å². The second-order valence-electron chi connectivity index (χ2n) is 9.37. The summed E-state index contributed by atoms with van der Waals surface area (Å²) < 4.78 is 154. The molecule has 1 N–H and O–H groups in total. The van der Waals surface area contributed by atoms with Gasteiger partial charge < -0.3 is 14.6 Å². The molecular formula is C32H14F10O3. The Kier molecular flexibility index (Phi) is 8.01. The highest BCUT2D eigenvalue weighted by atomic mass is 19.3. The molecule has 13 heteroatoms. The van der Waals surface area contributed by atoms with Gasteiger partial charge in [0.1, 0.15) is 57.5 Å². The van der Waals surface area contributed by atoms with Gasteiger partial charge >= 0.3 is 6.11 Å². The lowest BCUT2D eigenvalue weighted by Gasteiger charge is -2.21. The van der Waals surface area contributed by atoms with Gasteiger partial charge in [-0.25, -0.2) is 35.1 Å². The fraction of sp³-hybridized carbons (Fsp3) is 0.0625. The van der Waals surface area contributed by atoms with Crippen molar-refractivity contribution in [3.8, 4) is 40.2 Å². The van der Waals surface area contributed by atoms with Crippen LogP contribution in [0.25, 0.3) is 21.9 Å². The fourth-order valence-corrected chi connectivity index (χ4v) is 4.43. The van der Waals surface area contributed by atoms with Gasteiger partial charge in [0.25, 0.3) is 0 Å². The van der Waals surface area contributed by atoms with Gasteiger partial charge in [-0.15, -0.1) is 0 Å². The average Bonchev–Trinajstić information content (AvgIpc) is 2.94. The molecule has 0 aliphatic heterocycles. The van der Waals surface area contributed by atoms with E-state index in [0.29, 0.717) is 42.5 Å². The fourth-order valence-electron chi connectivity index (χ4n) is 4.43. The van der Waals surface area contributed by atoms with E-state index in [-0.39, 0.29) is 11.1 Å². The smallest absolute Gasteiger partial charge is 0.432 e. The van der Waals surface area contributed by atoms with Crippen molar-refractivity contribution in [3.63, 3.8) is 0 Å². The van der Waals surface area contributed by atoms with Crippen LogP contribution < -0.4 is 9.47 Å². The van der Waals surface area contributed by atoms with Crippen molar-refractivity contribution in [2.75, 3.05) is 7.11 Å². The largest absolute Gasteiger partial charge is 0.508 e. The van der Waals surface area contributed by atoms with Crippen molar-refractivity contribution < 1.29 is 58.5 Å². The van der Waals surface area contributed by atoms with E-state index in [1.807, 2.05) is 0 Å². The zero-order valence-electron chi connectivity index (χ0n) is 22.3. The molecule has 0 heterocycles. The first-order valence-electron chi connectivity index (χ1n) is 12.4. The van der Waals surface area contributed by atoms with Crippen molar-refractivity contribution in [2.24, 2.45) is 0 Å². The molecule has 5 aromatic rings. The van der Waals surface area contributed by atoms with E-state index in [2.05, 4.69) is 16.6 Å². The van der Waals surface area contributed by atoms with Crippen LogP contribution >= 0.6 is 0 Å². The third-order valence-electron chi connectivity index (χ3n) is 6.44. The topological polar surface area (TPSA) is 38.7 Å². The minimum Gasteiger partial charge on any atom is -0.508 e. The van der Waals surface area contributed by atoms with Gasteiger partial charge in [-0.05, 0) is 53.4 Å². The summed E-state index contributed by atoms with van der Waals surface area (Å²) in [6.07, 6.45) is -4.87. The summed E-state index contributed by atoms with van der Waals surface area (Å²) in [7, 11) is 0.975. The number of phenols is 1. The molecule has 3 nitrogen and oxygen atoms in total. The lowest BCUT2D eigenvalue weighted by molar-refractivity contribution is -0.189. The lowest BCUT2D eigenvalue weighted by Crippen LogP contribution is -2.25. The average molecular weight is 636 g/mol. The van der Waals surface area contributed by atoms with Crippen LogP contribution in [0.5, 0.6) is 17.2 Å². The highest BCUT2D eigenvalue weighted by Crippen LogP contribution is 2.41. The van der Waals surface area contributed by atoms with E-state index in [1.165, 1.54) is 0 Å². The molecule has 0 atom stereocenters. The number of hydrogen-bond acceptors (Lipinski definition) is 3. The molecule has 0 aliphatic rings. The molecule has 0 saturated heterocycles. The van der Waals surface area contributed by atoms with Crippen molar-refractivity contribution in [1.29, 1.82) is 0 Å². The molecule has 0 unspecified atom stereocenters. The first-order chi connectivity index (χ1) is 21.2. The first-order valence-corrected chi connectivity index (χ1v) is 12.4. The maximum Gasteiger partial charge on any atom is 0.432 e. The second kappa shape index (κ2) is 11.6. The van der Waals surface area contributed by atoms with E-state index in [9.17, 15) is 31.4 Å². The molecular weight excluding hydrogens is 622 g/mol. The first kappa shape index (κ1) is 31.1. The Morgan fingerprint density at radius 3 is 2.00 bits per heavy atom. The third-order valence-corrected chi connectivity index (χ3v) is 6.44. The number of alkyl halides is 2. The number of benzene rings is 5. The van der Waals surface area contributed by atoms with E-state index >= 15 is 17.6 Å². The number of halogens is 10. The minimum atomic E-state index is -4.87. The third kappa shape index (κ3) is 5.91. The van der Waals surface area contributed by atoms with Crippen LogP contribution in [0.1, 0.15) is 16.7 Å². The molecule has 5 aromatic carbocycles. The van der Waals surface area contributed by atoms with Crippen LogP contribution in [0.4, 0.5) is 43.9 Å². The van der Waals surface area contributed by atoms with Crippen molar-refractivity contribution in [1.82, 2.24) is 0 Å². The number of methoxy groups -OCH3 is 1. The molecule has 0 spiro atoms. The van der Waals surface area contributed by atoms with Crippen molar-refractivity contribution >= 4 is 10.8 Å². The molecule has 230 valence electrons. The SMILES string of the molecule is COc1cc(OC(F)(F)c2c(F)cc3cc(-c4ccc(O)cc4F)cc(F)c3c2F)cc(F)c1C#Cc1cc(F)c(F)c(F)c1. The highest BCUT2D eigenvalue weighted by molar-refractivity contribution is 5.89. The zero-order chi connectivity index (χ0) is 32.8. The molecule has 0 amide bonds. The molecule has 0 aliphatic carbocycles. The standard InChI is InChI=1S/C32H14F10O3/c1-44-27-13-18(12-22(34)20(27)4-2-14-6-25(37)30(39)26(38)7-14)45-32(41,42)29-24(36)10-16-8-15(9-23(35)28(16)31(29)40)19-5-3-17(43)11-21(19)33/h3,5-13,43H,1H3. The van der Waals surface area contributed by atoms with E-state index in [1.54, 1.807) is 0 Å². The number of phenolic OH excluding ortho intramolecular Hbond substituents is 1. The molecule has 0 bridgehead atoms. The van der Waals surface area contributed by atoms with Gasteiger partial charge in [-0.1, -0.05) is 11.8 Å². The molecule has 5 rings (SSSR count). The Morgan fingerprint density at radius 1 is 0.667 bits per heavy atom. The quantitative estimate of drug-likeness (QED) is 0.119. The Bertz CT molecular complexity index is 2040. The van der Waals surface area contributed by atoms with Crippen LogP contribution in [0, 0.1) is 58.4 Å². The normalized spacial score (nSPS) is 11.4. The summed E-state index contributed by atoms with van der Waals surface area (Å²) in [6, 6.07) is 6.86. The maximum atomic E-state index is 15.3. The van der Waals surface area contributed by atoms with Crippen molar-refractivity contribution in [3.05, 3.63) is 124 Å². The lowest BCUT2D eigenvalue weighted by atomic mass is 9.97. The van der Waals surface area contributed by atoms with Crippen LogP contribution in [0.15, 0.2) is 60.7 Å². The van der Waals surface area contributed by atoms with Gasteiger partial charge in [0.05, 0.1) is 12.5 Å². The Balaban J connectivity index is 1.52. The second-order valence-corrected chi connectivity index (χ2v) is 9.37. The van der Waals surface area contributed by atoms with E-state index < -0.39 is 97.4 Å². The summed E-state index contributed by atoms with van der Waals surface area (Å²) in [5.74, 6) is -10.3. The van der Waals surface area contributed by atoms with Gasteiger partial charge in [0.2, 0.25) is 0 Å². The highest BCUT2D eigenvalue weighted by Gasteiger charge is 2.42. The van der Waals surface area contributed by atoms with Crippen LogP contribution in [0.3, 0.4) is 0 Å². The summed E-state index contributed by atoms with van der Waals surface area (Å²) in [5, 5.41) is 7.75. The van der Waals surface area contributed by atoms with Gasteiger partial charge in [0, 0.05) is 29.3 Å². The molecule has 0 radical (unpaired) electrons. The Hall–Kier alpha value is -5.38. The number of hydrogen-bond donors (Lipinski definition) is 1. The molecule has 0 saturated carbocycles. The minimum absolute atomic E-state index is 0.215. The van der Waals surface area contributed by atoms with E-state index in [0.717, 1.165) is 25.3 Å². The van der Waals surface area contributed by atoms with E-state index in [4.69, 9.17) is 4.74 Å². The molecule has 0 aromatic heterocycles. The zero-order valence-corrected chi connectivity index (χ0v) is 22.3. The van der Waals surface area contributed by atoms with Gasteiger partial charge in [-0.3, -0.25) is 0 Å². The summed E-state index contributed by atoms with van der Waals surface area (Å²) in [6.45, 7) is 0. The summed E-state index contributed by atoms with van der Waals surface area (Å²) >= 11 is 0. The number of rotatable bonds is 5. The maximum absolute atomic E-state index is 15.3. The Morgan fingerprint density at radius 2 is 1.36 bits per heavy atom.